The number of halogens is 2. The molecule has 1 saturated heterocycles. The van der Waals surface area contributed by atoms with E-state index in [0.29, 0.717) is 17.6 Å². The fourth-order valence-corrected chi connectivity index (χ4v) is 2.47. The van der Waals surface area contributed by atoms with Crippen LogP contribution in [0.15, 0.2) is 22.7 Å². The van der Waals surface area contributed by atoms with Gasteiger partial charge in [-0.1, -0.05) is 22.9 Å². The lowest BCUT2D eigenvalue weighted by atomic mass is 10.3. The monoisotopic (exact) mass is 344 g/mol. The van der Waals surface area contributed by atoms with E-state index in [1.165, 1.54) is 12.1 Å². The average Bonchev–Trinajstić information content (AvgIpc) is 2.46. The molecule has 6 heteroatoms. The number of piperazine rings is 1. The number of rotatable bonds is 4. The molecule has 1 aliphatic heterocycles. The summed E-state index contributed by atoms with van der Waals surface area (Å²) in [4.78, 5) is 16.1. The second-order valence-corrected chi connectivity index (χ2v) is 5.59. The van der Waals surface area contributed by atoms with Crippen molar-refractivity contribution < 1.29 is 13.9 Å². The zero-order chi connectivity index (χ0) is 14.5. The highest BCUT2D eigenvalue weighted by Crippen LogP contribution is 2.21. The molecule has 1 heterocycles. The number of carbonyl (C=O) groups excluding carboxylic acids is 1. The Morgan fingerprint density at radius 2 is 2.05 bits per heavy atom. The SMILES string of the molecule is CCN1CCN(C(=O)COc2ccc(Br)cc2F)CC1. The predicted octanol–water partition coefficient (Wildman–Crippen LogP) is 2.13. The van der Waals surface area contributed by atoms with Crippen LogP contribution in [-0.4, -0.2) is 55.0 Å². The fourth-order valence-electron chi connectivity index (χ4n) is 2.14. The Morgan fingerprint density at radius 3 is 2.65 bits per heavy atom. The van der Waals surface area contributed by atoms with Crippen molar-refractivity contribution in [3.05, 3.63) is 28.5 Å². The van der Waals surface area contributed by atoms with Crippen LogP contribution in [0.4, 0.5) is 4.39 Å². The van der Waals surface area contributed by atoms with E-state index in [1.807, 2.05) is 0 Å². The predicted molar refractivity (Wildman–Crippen MR) is 78.3 cm³/mol. The molecule has 0 spiro atoms. The van der Waals surface area contributed by atoms with Crippen molar-refractivity contribution in [1.82, 2.24) is 9.80 Å². The van der Waals surface area contributed by atoms with Gasteiger partial charge in [0, 0.05) is 30.7 Å². The van der Waals surface area contributed by atoms with E-state index in [1.54, 1.807) is 11.0 Å². The largest absolute Gasteiger partial charge is 0.481 e. The molecule has 1 aromatic carbocycles. The van der Waals surface area contributed by atoms with Crippen LogP contribution in [0.25, 0.3) is 0 Å². The molecular formula is C14H18BrFN2O2. The molecule has 4 nitrogen and oxygen atoms in total. The Bertz CT molecular complexity index is 476. The molecule has 0 aliphatic carbocycles. The molecule has 0 unspecified atom stereocenters. The van der Waals surface area contributed by atoms with E-state index >= 15 is 0 Å². The van der Waals surface area contributed by atoms with Crippen LogP contribution in [0.1, 0.15) is 6.92 Å². The molecular weight excluding hydrogens is 327 g/mol. The highest BCUT2D eigenvalue weighted by Gasteiger charge is 2.20. The minimum Gasteiger partial charge on any atom is -0.481 e. The van der Waals surface area contributed by atoms with Gasteiger partial charge in [0.1, 0.15) is 0 Å². The van der Waals surface area contributed by atoms with Gasteiger partial charge in [0.25, 0.3) is 5.91 Å². The first-order chi connectivity index (χ1) is 9.60. The number of benzene rings is 1. The molecule has 1 fully saturated rings. The highest BCUT2D eigenvalue weighted by molar-refractivity contribution is 9.10. The van der Waals surface area contributed by atoms with Gasteiger partial charge in [0.2, 0.25) is 0 Å². The maximum atomic E-state index is 13.6. The third-order valence-corrected chi connectivity index (χ3v) is 3.91. The number of hydrogen-bond acceptors (Lipinski definition) is 3. The number of amides is 1. The summed E-state index contributed by atoms with van der Waals surface area (Å²) < 4.78 is 19.5. The van der Waals surface area contributed by atoms with Gasteiger partial charge in [-0.25, -0.2) is 4.39 Å². The molecule has 0 radical (unpaired) electrons. The Hall–Kier alpha value is -1.14. The summed E-state index contributed by atoms with van der Waals surface area (Å²) in [5.74, 6) is -0.459. The maximum Gasteiger partial charge on any atom is 0.260 e. The van der Waals surface area contributed by atoms with Crippen molar-refractivity contribution in [2.24, 2.45) is 0 Å². The van der Waals surface area contributed by atoms with Gasteiger partial charge in [-0.15, -0.1) is 0 Å². The number of likely N-dealkylation sites (N-methyl/N-ethyl adjacent to an activating group) is 1. The van der Waals surface area contributed by atoms with Gasteiger partial charge in [-0.2, -0.15) is 0 Å². The molecule has 0 N–H and O–H groups in total. The van der Waals surface area contributed by atoms with Gasteiger partial charge in [0.05, 0.1) is 0 Å². The lowest BCUT2D eigenvalue weighted by Gasteiger charge is -2.33. The van der Waals surface area contributed by atoms with Crippen LogP contribution in [-0.2, 0) is 4.79 Å². The second kappa shape index (κ2) is 7.04. The summed E-state index contributed by atoms with van der Waals surface area (Å²) in [7, 11) is 0. The molecule has 0 atom stereocenters. The Kier molecular flexibility index (Phi) is 5.37. The molecule has 110 valence electrons. The first-order valence-electron chi connectivity index (χ1n) is 6.68. The highest BCUT2D eigenvalue weighted by atomic mass is 79.9. The van der Waals surface area contributed by atoms with E-state index in [0.717, 1.165) is 19.6 Å². The molecule has 2 rings (SSSR count). The lowest BCUT2D eigenvalue weighted by molar-refractivity contribution is -0.135. The Labute approximate surface area is 126 Å². The van der Waals surface area contributed by atoms with Crippen LogP contribution in [0.5, 0.6) is 5.75 Å². The van der Waals surface area contributed by atoms with Crippen molar-refractivity contribution in [1.29, 1.82) is 0 Å². The molecule has 1 amide bonds. The van der Waals surface area contributed by atoms with Gasteiger partial charge in [-0.3, -0.25) is 4.79 Å². The summed E-state index contributed by atoms with van der Waals surface area (Å²) in [5, 5.41) is 0. The molecule has 0 bridgehead atoms. The zero-order valence-electron chi connectivity index (χ0n) is 11.4. The van der Waals surface area contributed by atoms with E-state index in [2.05, 4.69) is 27.8 Å². The third-order valence-electron chi connectivity index (χ3n) is 3.42. The van der Waals surface area contributed by atoms with Crippen molar-refractivity contribution in [3.63, 3.8) is 0 Å². The lowest BCUT2D eigenvalue weighted by Crippen LogP contribution is -2.49. The summed E-state index contributed by atoms with van der Waals surface area (Å²) in [6.45, 7) is 6.17. The van der Waals surface area contributed by atoms with Crippen LogP contribution in [0, 0.1) is 5.82 Å². The average molecular weight is 345 g/mol. The first kappa shape index (κ1) is 15.3. The van der Waals surface area contributed by atoms with Crippen LogP contribution in [0.2, 0.25) is 0 Å². The quantitative estimate of drug-likeness (QED) is 0.838. The number of ether oxygens (including phenoxy) is 1. The Morgan fingerprint density at radius 1 is 1.35 bits per heavy atom. The third kappa shape index (κ3) is 3.93. The van der Waals surface area contributed by atoms with E-state index in [-0.39, 0.29) is 18.3 Å². The van der Waals surface area contributed by atoms with Crippen molar-refractivity contribution >= 4 is 21.8 Å². The Balaban J connectivity index is 1.83. The summed E-state index contributed by atoms with van der Waals surface area (Å²) in [6.07, 6.45) is 0. The topological polar surface area (TPSA) is 32.8 Å². The molecule has 1 aromatic rings. The molecule has 0 saturated carbocycles. The zero-order valence-corrected chi connectivity index (χ0v) is 13.0. The van der Waals surface area contributed by atoms with Gasteiger partial charge in [-0.05, 0) is 24.7 Å². The van der Waals surface area contributed by atoms with Gasteiger partial charge < -0.3 is 14.5 Å². The number of nitrogens with zero attached hydrogens (tertiary/aromatic N) is 2. The summed E-state index contributed by atoms with van der Waals surface area (Å²) >= 11 is 3.18. The van der Waals surface area contributed by atoms with Crippen LogP contribution in [0.3, 0.4) is 0 Å². The standard InChI is InChI=1S/C14H18BrFN2O2/c1-2-17-5-7-18(8-6-17)14(19)10-20-13-4-3-11(15)9-12(13)16/h3-4,9H,2,5-8,10H2,1H3. The molecule has 0 aromatic heterocycles. The molecule has 1 aliphatic rings. The summed E-state index contributed by atoms with van der Waals surface area (Å²) in [6, 6.07) is 4.52. The van der Waals surface area contributed by atoms with E-state index < -0.39 is 5.82 Å². The van der Waals surface area contributed by atoms with Crippen molar-refractivity contribution in [2.45, 2.75) is 6.92 Å². The minimum atomic E-state index is -0.469. The second-order valence-electron chi connectivity index (χ2n) is 4.68. The van der Waals surface area contributed by atoms with E-state index in [9.17, 15) is 9.18 Å². The van der Waals surface area contributed by atoms with Crippen LogP contribution < -0.4 is 4.74 Å². The number of carbonyl (C=O) groups is 1. The fraction of sp³-hybridized carbons (Fsp3) is 0.500. The smallest absolute Gasteiger partial charge is 0.260 e. The minimum absolute atomic E-state index is 0.0944. The first-order valence-corrected chi connectivity index (χ1v) is 7.47. The van der Waals surface area contributed by atoms with E-state index in [4.69, 9.17) is 4.74 Å². The van der Waals surface area contributed by atoms with Crippen LogP contribution >= 0.6 is 15.9 Å². The number of hydrogen-bond donors (Lipinski definition) is 0. The maximum absolute atomic E-state index is 13.6. The van der Waals surface area contributed by atoms with Crippen molar-refractivity contribution in [3.8, 4) is 5.75 Å². The normalized spacial score (nSPS) is 16.2. The molecule has 20 heavy (non-hydrogen) atoms. The van der Waals surface area contributed by atoms with Gasteiger partial charge in [0.15, 0.2) is 18.2 Å². The van der Waals surface area contributed by atoms with Gasteiger partial charge >= 0.3 is 0 Å². The summed E-state index contributed by atoms with van der Waals surface area (Å²) in [5.41, 5.74) is 0. The van der Waals surface area contributed by atoms with Crippen molar-refractivity contribution in [2.75, 3.05) is 39.3 Å².